The molecule has 0 spiro atoms. The van der Waals surface area contributed by atoms with E-state index in [1.807, 2.05) is 18.0 Å². The van der Waals surface area contributed by atoms with Crippen LogP contribution in [0.3, 0.4) is 0 Å². The Morgan fingerprint density at radius 2 is 2.29 bits per heavy atom. The highest BCUT2D eigenvalue weighted by Crippen LogP contribution is 2.39. The first-order chi connectivity index (χ1) is 8.04. The van der Waals surface area contributed by atoms with Crippen LogP contribution >= 0.6 is 11.3 Å². The summed E-state index contributed by atoms with van der Waals surface area (Å²) >= 11 is 1.23. The Hall–Kier alpha value is -1.74. The third kappa shape index (κ3) is 2.19. The van der Waals surface area contributed by atoms with Crippen LogP contribution < -0.4 is 16.4 Å². The molecule has 0 aliphatic heterocycles. The van der Waals surface area contributed by atoms with Gasteiger partial charge >= 0.3 is 0 Å². The maximum Gasteiger partial charge on any atom is 0.253 e. The summed E-state index contributed by atoms with van der Waals surface area (Å²) in [7, 11) is 1.90. The van der Waals surface area contributed by atoms with Crippen LogP contribution in [0, 0.1) is 17.2 Å². The van der Waals surface area contributed by atoms with Crippen molar-refractivity contribution in [1.29, 1.82) is 5.26 Å². The second-order valence-corrected chi connectivity index (χ2v) is 5.32. The highest BCUT2D eigenvalue weighted by Gasteiger charge is 2.27. The Bertz CT molecular complexity index is 498. The number of hydrogen-bond acceptors (Lipinski definition) is 5. The Labute approximate surface area is 104 Å². The van der Waals surface area contributed by atoms with Gasteiger partial charge in [0.2, 0.25) is 0 Å². The molecule has 17 heavy (non-hydrogen) atoms. The number of nitriles is 1. The van der Waals surface area contributed by atoms with E-state index in [4.69, 9.17) is 16.7 Å². The largest absolute Gasteiger partial charge is 0.396 e. The van der Waals surface area contributed by atoms with E-state index >= 15 is 0 Å². The van der Waals surface area contributed by atoms with Gasteiger partial charge in [-0.05, 0) is 18.8 Å². The quantitative estimate of drug-likeness (QED) is 0.837. The molecule has 6 heteroatoms. The monoisotopic (exact) mass is 250 g/mol. The van der Waals surface area contributed by atoms with Gasteiger partial charge in [-0.1, -0.05) is 0 Å². The lowest BCUT2D eigenvalue weighted by Crippen LogP contribution is -2.23. The first kappa shape index (κ1) is 11.7. The number of primary amides is 1. The summed E-state index contributed by atoms with van der Waals surface area (Å²) in [5.41, 5.74) is 11.6. The van der Waals surface area contributed by atoms with Crippen molar-refractivity contribution in [2.45, 2.75) is 12.8 Å². The lowest BCUT2D eigenvalue weighted by atomic mass is 10.2. The molecule has 4 N–H and O–H groups in total. The fourth-order valence-electron chi connectivity index (χ4n) is 1.79. The maximum atomic E-state index is 11.4. The van der Waals surface area contributed by atoms with Crippen molar-refractivity contribution in [1.82, 2.24) is 0 Å². The Morgan fingerprint density at radius 1 is 1.65 bits per heavy atom. The number of hydrogen-bond donors (Lipinski definition) is 2. The van der Waals surface area contributed by atoms with Crippen LogP contribution in [-0.2, 0) is 0 Å². The SMILES string of the molecule is CN(CC1CC1)c1sc(C#N)c(N)c1C(N)=O. The molecule has 1 aromatic heterocycles. The van der Waals surface area contributed by atoms with Crippen LogP contribution in [0.15, 0.2) is 0 Å². The van der Waals surface area contributed by atoms with Crippen LogP contribution in [0.1, 0.15) is 28.1 Å². The molecule has 0 bridgehead atoms. The second-order valence-electron chi connectivity index (χ2n) is 4.32. The number of nitrogens with two attached hydrogens (primary N) is 2. The van der Waals surface area contributed by atoms with Gasteiger partial charge in [0.05, 0.1) is 11.3 Å². The third-order valence-corrected chi connectivity index (χ3v) is 4.07. The summed E-state index contributed by atoms with van der Waals surface area (Å²) in [5.74, 6) is 0.118. The molecule has 1 fully saturated rings. The molecule has 1 aromatic rings. The number of rotatable bonds is 4. The molecule has 2 rings (SSSR count). The van der Waals surface area contributed by atoms with Gasteiger partial charge < -0.3 is 16.4 Å². The van der Waals surface area contributed by atoms with Gasteiger partial charge in [-0.3, -0.25) is 4.79 Å². The van der Waals surface area contributed by atoms with Crippen molar-refractivity contribution in [2.75, 3.05) is 24.2 Å². The van der Waals surface area contributed by atoms with Gasteiger partial charge in [0, 0.05) is 13.6 Å². The normalized spacial score (nSPS) is 14.4. The number of thiophene rings is 1. The van der Waals surface area contributed by atoms with Crippen molar-refractivity contribution >= 4 is 27.9 Å². The smallest absolute Gasteiger partial charge is 0.253 e. The maximum absolute atomic E-state index is 11.4. The molecule has 90 valence electrons. The Kier molecular flexibility index (Phi) is 2.94. The number of nitrogen functional groups attached to an aromatic ring is 1. The van der Waals surface area contributed by atoms with Crippen molar-refractivity contribution < 1.29 is 4.79 Å². The molecule has 1 amide bonds. The van der Waals surface area contributed by atoms with Crippen LogP contribution in [-0.4, -0.2) is 19.5 Å². The molecular weight excluding hydrogens is 236 g/mol. The number of carbonyl (C=O) groups excluding carboxylic acids is 1. The lowest BCUT2D eigenvalue weighted by molar-refractivity contribution is 0.100. The number of carbonyl (C=O) groups is 1. The minimum Gasteiger partial charge on any atom is -0.396 e. The number of amides is 1. The highest BCUT2D eigenvalue weighted by atomic mass is 32.1. The minimum atomic E-state index is -0.571. The van der Waals surface area contributed by atoms with Crippen molar-refractivity contribution in [3.8, 4) is 6.07 Å². The summed E-state index contributed by atoms with van der Waals surface area (Å²) in [6.07, 6.45) is 2.45. The summed E-state index contributed by atoms with van der Waals surface area (Å²) in [5, 5.41) is 9.63. The van der Waals surface area contributed by atoms with Gasteiger partial charge in [0.25, 0.3) is 5.91 Å². The molecule has 0 radical (unpaired) electrons. The molecule has 1 saturated carbocycles. The molecule has 0 unspecified atom stereocenters. The zero-order chi connectivity index (χ0) is 12.6. The number of anilines is 2. The fourth-order valence-corrected chi connectivity index (χ4v) is 2.79. The molecule has 1 heterocycles. The van der Waals surface area contributed by atoms with Crippen molar-refractivity contribution in [3.05, 3.63) is 10.4 Å². The van der Waals surface area contributed by atoms with Crippen molar-refractivity contribution in [2.24, 2.45) is 11.7 Å². The standard InChI is InChI=1S/C11H14N4OS/c1-15(5-6-2-3-6)11-8(10(14)16)9(13)7(4-12)17-11/h6H,2-3,5,13H2,1H3,(H2,14,16). The minimum absolute atomic E-state index is 0.211. The third-order valence-electron chi connectivity index (χ3n) is 2.85. The predicted octanol–water partition coefficient (Wildman–Crippen LogP) is 1.15. The van der Waals surface area contributed by atoms with Gasteiger partial charge in [-0.25, -0.2) is 0 Å². The molecule has 1 aliphatic rings. The summed E-state index contributed by atoms with van der Waals surface area (Å²) in [6.45, 7) is 0.880. The van der Waals surface area contributed by atoms with Crippen molar-refractivity contribution in [3.63, 3.8) is 0 Å². The Balaban J connectivity index is 2.37. The number of nitrogens with zero attached hydrogens (tertiary/aromatic N) is 2. The van der Waals surface area contributed by atoms with Gasteiger partial charge in [0.1, 0.15) is 15.9 Å². The van der Waals surface area contributed by atoms with Crippen LogP contribution in [0.4, 0.5) is 10.7 Å². The van der Waals surface area contributed by atoms with E-state index in [2.05, 4.69) is 0 Å². The summed E-state index contributed by atoms with van der Waals surface area (Å²) in [4.78, 5) is 13.7. The molecule has 1 aliphatic carbocycles. The molecule has 0 saturated heterocycles. The van der Waals surface area contributed by atoms with Gasteiger partial charge in [0.15, 0.2) is 0 Å². The van der Waals surface area contributed by atoms with Crippen LogP contribution in [0.25, 0.3) is 0 Å². The molecule has 0 aromatic carbocycles. The van der Waals surface area contributed by atoms with E-state index in [0.717, 1.165) is 6.54 Å². The lowest BCUT2D eigenvalue weighted by Gasteiger charge is -2.17. The zero-order valence-electron chi connectivity index (χ0n) is 9.56. The van der Waals surface area contributed by atoms with E-state index in [1.165, 1.54) is 24.2 Å². The van der Waals surface area contributed by atoms with E-state index < -0.39 is 5.91 Å². The van der Waals surface area contributed by atoms with E-state index in [1.54, 1.807) is 0 Å². The molecular formula is C11H14N4OS. The first-order valence-corrected chi connectivity index (χ1v) is 6.19. The van der Waals surface area contributed by atoms with E-state index in [9.17, 15) is 4.79 Å². The summed E-state index contributed by atoms with van der Waals surface area (Å²) < 4.78 is 0. The first-order valence-electron chi connectivity index (χ1n) is 5.38. The average Bonchev–Trinajstić information content (AvgIpc) is 2.99. The fraction of sp³-hybridized carbons (Fsp3) is 0.455. The summed E-state index contributed by atoms with van der Waals surface area (Å²) in [6, 6.07) is 1.99. The topological polar surface area (TPSA) is 96.1 Å². The van der Waals surface area contributed by atoms with E-state index in [0.29, 0.717) is 15.8 Å². The molecule has 0 atom stereocenters. The second kappa shape index (κ2) is 4.26. The van der Waals surface area contributed by atoms with Crippen LogP contribution in [0.5, 0.6) is 0 Å². The van der Waals surface area contributed by atoms with E-state index in [-0.39, 0.29) is 11.3 Å². The highest BCUT2D eigenvalue weighted by molar-refractivity contribution is 7.17. The average molecular weight is 250 g/mol. The Morgan fingerprint density at radius 3 is 2.76 bits per heavy atom. The van der Waals surface area contributed by atoms with Gasteiger partial charge in [-0.15, -0.1) is 11.3 Å². The molecule has 5 nitrogen and oxygen atoms in total. The van der Waals surface area contributed by atoms with Gasteiger partial charge in [-0.2, -0.15) is 5.26 Å². The predicted molar refractivity (Wildman–Crippen MR) is 68.0 cm³/mol. The van der Waals surface area contributed by atoms with Crippen LogP contribution in [0.2, 0.25) is 0 Å². The zero-order valence-corrected chi connectivity index (χ0v) is 10.4.